The third kappa shape index (κ3) is 4.57. The number of benzene rings is 2. The minimum absolute atomic E-state index is 0.0466. The van der Waals surface area contributed by atoms with E-state index in [-0.39, 0.29) is 18.1 Å². The van der Waals surface area contributed by atoms with Crippen molar-refractivity contribution < 1.29 is 27.8 Å². The summed E-state index contributed by atoms with van der Waals surface area (Å²) in [7, 11) is 1.33. The van der Waals surface area contributed by atoms with E-state index in [1.165, 1.54) is 31.6 Å². The number of hydrogen-bond donors (Lipinski definition) is 0. The van der Waals surface area contributed by atoms with Crippen LogP contribution in [0.1, 0.15) is 15.9 Å². The Morgan fingerprint density at radius 1 is 1.15 bits per heavy atom. The van der Waals surface area contributed by atoms with Gasteiger partial charge in [-0.3, -0.25) is 0 Å². The summed E-state index contributed by atoms with van der Waals surface area (Å²) in [4.78, 5) is 16.0. The molecule has 0 bridgehead atoms. The summed E-state index contributed by atoms with van der Waals surface area (Å²) in [6.07, 6.45) is 2.95. The Morgan fingerprint density at radius 3 is 2.56 bits per heavy atom. The molecule has 27 heavy (non-hydrogen) atoms. The van der Waals surface area contributed by atoms with Gasteiger partial charge in [0.1, 0.15) is 19.3 Å². The van der Waals surface area contributed by atoms with Gasteiger partial charge in [0, 0.05) is 0 Å². The molecule has 0 N–H and O–H groups in total. The van der Waals surface area contributed by atoms with Crippen LogP contribution in [-0.4, -0.2) is 34.5 Å². The number of alkyl halides is 2. The predicted molar refractivity (Wildman–Crippen MR) is 90.1 cm³/mol. The maximum Gasteiger partial charge on any atom is 0.387 e. The molecular weight excluding hydrogens is 360 g/mol. The highest BCUT2D eigenvalue weighted by atomic mass is 19.3. The number of carbonyl (C=O) groups is 1. The van der Waals surface area contributed by atoms with Crippen LogP contribution in [0.4, 0.5) is 8.78 Å². The molecule has 0 saturated heterocycles. The van der Waals surface area contributed by atoms with Crippen molar-refractivity contribution >= 4 is 5.97 Å². The normalized spacial score (nSPS) is 10.7. The number of esters is 1. The lowest BCUT2D eigenvalue weighted by molar-refractivity contribution is -0.0512. The summed E-state index contributed by atoms with van der Waals surface area (Å²) in [5.74, 6) is -0.487. The molecule has 0 aliphatic rings. The van der Waals surface area contributed by atoms with Crippen LogP contribution in [0.15, 0.2) is 55.1 Å². The number of rotatable bonds is 7. The molecule has 7 nitrogen and oxygen atoms in total. The first-order chi connectivity index (χ1) is 13.1. The van der Waals surface area contributed by atoms with E-state index in [9.17, 15) is 13.6 Å². The zero-order valence-corrected chi connectivity index (χ0v) is 14.2. The fourth-order valence-corrected chi connectivity index (χ4v) is 2.32. The first-order valence-electron chi connectivity index (χ1n) is 7.80. The number of ether oxygens (including phenoxy) is 3. The second-order valence-electron chi connectivity index (χ2n) is 5.33. The van der Waals surface area contributed by atoms with Gasteiger partial charge in [0.15, 0.2) is 11.5 Å². The molecule has 0 amide bonds. The fraction of sp³-hybridized carbons (Fsp3) is 0.167. The topological polar surface area (TPSA) is 75.5 Å². The van der Waals surface area contributed by atoms with Crippen LogP contribution in [0.2, 0.25) is 0 Å². The third-order valence-corrected chi connectivity index (χ3v) is 3.60. The first-order valence-corrected chi connectivity index (χ1v) is 7.80. The molecule has 0 spiro atoms. The molecule has 1 heterocycles. The summed E-state index contributed by atoms with van der Waals surface area (Å²) in [5.41, 5.74) is 1.69. The Kier molecular flexibility index (Phi) is 5.60. The van der Waals surface area contributed by atoms with Gasteiger partial charge in [-0.05, 0) is 42.0 Å². The third-order valence-electron chi connectivity index (χ3n) is 3.60. The molecule has 0 aliphatic carbocycles. The van der Waals surface area contributed by atoms with Gasteiger partial charge >= 0.3 is 12.6 Å². The number of aromatic nitrogens is 3. The molecule has 9 heteroatoms. The summed E-state index contributed by atoms with van der Waals surface area (Å²) in [6, 6.07) is 11.0. The monoisotopic (exact) mass is 375 g/mol. The summed E-state index contributed by atoms with van der Waals surface area (Å²) >= 11 is 0. The number of hydrogen-bond acceptors (Lipinski definition) is 6. The highest BCUT2D eigenvalue weighted by Crippen LogP contribution is 2.29. The quantitative estimate of drug-likeness (QED) is 0.590. The van der Waals surface area contributed by atoms with Crippen LogP contribution >= 0.6 is 0 Å². The maximum atomic E-state index is 12.3. The van der Waals surface area contributed by atoms with Crippen molar-refractivity contribution in [2.75, 3.05) is 7.11 Å². The summed E-state index contributed by atoms with van der Waals surface area (Å²) < 4.78 is 40.9. The van der Waals surface area contributed by atoms with Gasteiger partial charge in [-0.25, -0.2) is 14.5 Å². The molecule has 0 unspecified atom stereocenters. The molecule has 0 aliphatic heterocycles. The SMILES string of the molecule is COc1cc(COC(=O)c2ccc(-n3cncn3)cc2)ccc1OC(F)F. The molecule has 0 radical (unpaired) electrons. The van der Waals surface area contributed by atoms with Crippen molar-refractivity contribution in [3.05, 3.63) is 66.2 Å². The van der Waals surface area contributed by atoms with E-state index < -0.39 is 12.6 Å². The molecule has 3 aromatic rings. The second kappa shape index (κ2) is 8.26. The molecule has 3 rings (SSSR count). The lowest BCUT2D eigenvalue weighted by atomic mass is 10.2. The highest BCUT2D eigenvalue weighted by Gasteiger charge is 2.13. The first kappa shape index (κ1) is 18.3. The second-order valence-corrected chi connectivity index (χ2v) is 5.33. The standard InChI is InChI=1S/C18H15F2N3O4/c1-25-16-8-12(2-7-15(16)27-18(19)20)9-26-17(24)13-3-5-14(6-4-13)23-11-21-10-22-23/h2-8,10-11,18H,9H2,1H3. The van der Waals surface area contributed by atoms with Crippen LogP contribution < -0.4 is 9.47 Å². The van der Waals surface area contributed by atoms with E-state index in [2.05, 4.69) is 14.8 Å². The number of methoxy groups -OCH3 is 1. The van der Waals surface area contributed by atoms with Crippen molar-refractivity contribution in [2.24, 2.45) is 0 Å². The van der Waals surface area contributed by atoms with Crippen LogP contribution in [0.3, 0.4) is 0 Å². The largest absolute Gasteiger partial charge is 0.493 e. The zero-order chi connectivity index (χ0) is 19.2. The van der Waals surface area contributed by atoms with Crippen molar-refractivity contribution in [2.45, 2.75) is 13.2 Å². The van der Waals surface area contributed by atoms with E-state index >= 15 is 0 Å². The fourth-order valence-electron chi connectivity index (χ4n) is 2.32. The van der Waals surface area contributed by atoms with Gasteiger partial charge in [-0.1, -0.05) is 6.07 Å². The minimum atomic E-state index is -2.96. The van der Waals surface area contributed by atoms with Gasteiger partial charge in [-0.2, -0.15) is 13.9 Å². The molecule has 0 saturated carbocycles. The Morgan fingerprint density at radius 2 is 1.93 bits per heavy atom. The van der Waals surface area contributed by atoms with Crippen molar-refractivity contribution in [1.29, 1.82) is 0 Å². The summed E-state index contributed by atoms with van der Waals surface area (Å²) in [5, 5.41) is 4.00. The van der Waals surface area contributed by atoms with E-state index in [0.717, 1.165) is 5.69 Å². The smallest absolute Gasteiger partial charge is 0.387 e. The summed E-state index contributed by atoms with van der Waals surface area (Å²) in [6.45, 7) is -3.00. The van der Waals surface area contributed by atoms with Crippen molar-refractivity contribution in [3.63, 3.8) is 0 Å². The lowest BCUT2D eigenvalue weighted by Gasteiger charge is -2.11. The molecule has 0 atom stereocenters. The van der Waals surface area contributed by atoms with Crippen LogP contribution in [0.25, 0.3) is 5.69 Å². The highest BCUT2D eigenvalue weighted by molar-refractivity contribution is 5.89. The predicted octanol–water partition coefficient (Wildman–Crippen LogP) is 3.23. The molecule has 0 fully saturated rings. The van der Waals surface area contributed by atoms with Crippen LogP contribution in [0.5, 0.6) is 11.5 Å². The Bertz CT molecular complexity index is 899. The van der Waals surface area contributed by atoms with Gasteiger partial charge in [0.05, 0.1) is 18.4 Å². The van der Waals surface area contributed by atoms with Gasteiger partial charge in [0.25, 0.3) is 0 Å². The van der Waals surface area contributed by atoms with Crippen LogP contribution in [0, 0.1) is 0 Å². The van der Waals surface area contributed by atoms with Gasteiger partial charge in [-0.15, -0.1) is 0 Å². The van der Waals surface area contributed by atoms with E-state index in [4.69, 9.17) is 9.47 Å². The van der Waals surface area contributed by atoms with Gasteiger partial charge < -0.3 is 14.2 Å². The van der Waals surface area contributed by atoms with E-state index in [1.54, 1.807) is 35.3 Å². The lowest BCUT2D eigenvalue weighted by Crippen LogP contribution is -2.07. The van der Waals surface area contributed by atoms with Gasteiger partial charge in [0.2, 0.25) is 0 Å². The van der Waals surface area contributed by atoms with Crippen molar-refractivity contribution in [3.8, 4) is 17.2 Å². The molecule has 2 aromatic carbocycles. The van der Waals surface area contributed by atoms with Crippen LogP contribution in [-0.2, 0) is 11.3 Å². The molecular formula is C18H15F2N3O4. The molecule has 140 valence electrons. The molecule has 1 aromatic heterocycles. The Balaban J connectivity index is 1.63. The Hall–Kier alpha value is -3.49. The number of halogens is 2. The van der Waals surface area contributed by atoms with Crippen molar-refractivity contribution in [1.82, 2.24) is 14.8 Å². The van der Waals surface area contributed by atoms with E-state index in [0.29, 0.717) is 11.1 Å². The average molecular weight is 375 g/mol. The Labute approximate surface area is 153 Å². The average Bonchev–Trinajstić information content (AvgIpc) is 3.21. The number of nitrogens with zero attached hydrogens (tertiary/aromatic N) is 3. The maximum absolute atomic E-state index is 12.3. The zero-order valence-electron chi connectivity index (χ0n) is 14.2. The number of carbonyl (C=O) groups excluding carboxylic acids is 1. The minimum Gasteiger partial charge on any atom is -0.493 e. The van der Waals surface area contributed by atoms with E-state index in [1.807, 2.05) is 0 Å².